The topological polar surface area (TPSA) is 88.5 Å². The number of rotatable bonds is 4. The number of carbonyl (C=O) groups is 4. The zero-order valence-corrected chi connectivity index (χ0v) is 11.7. The Hall–Kier alpha value is -1.52. The fourth-order valence-electron chi connectivity index (χ4n) is 3.43. The summed E-state index contributed by atoms with van der Waals surface area (Å²) in [7, 11) is 0. The van der Waals surface area contributed by atoms with E-state index in [9.17, 15) is 24.3 Å². The molecule has 2 aliphatic rings. The Morgan fingerprint density at radius 2 is 1.65 bits per heavy atom. The Morgan fingerprint density at radius 1 is 1.15 bits per heavy atom. The number of hydrogen-bond acceptors (Lipinski definition) is 4. The lowest BCUT2D eigenvalue weighted by Crippen LogP contribution is -2.48. The van der Waals surface area contributed by atoms with Crippen molar-refractivity contribution in [3.05, 3.63) is 0 Å². The Labute approximate surface area is 117 Å². The van der Waals surface area contributed by atoms with Crippen LogP contribution in [-0.2, 0) is 19.2 Å². The first-order chi connectivity index (χ1) is 9.41. The van der Waals surface area contributed by atoms with Crippen LogP contribution in [0.15, 0.2) is 0 Å². The summed E-state index contributed by atoms with van der Waals surface area (Å²) in [6, 6.07) is 0. The molecule has 0 aromatic rings. The van der Waals surface area contributed by atoms with Crippen LogP contribution in [0.4, 0.5) is 0 Å². The molecule has 2 rings (SSSR count). The molecule has 0 aliphatic heterocycles. The van der Waals surface area contributed by atoms with E-state index in [1.54, 1.807) is 6.92 Å². The van der Waals surface area contributed by atoms with Crippen LogP contribution >= 0.6 is 0 Å². The quantitative estimate of drug-likeness (QED) is 0.793. The molecule has 0 atom stereocenters. The summed E-state index contributed by atoms with van der Waals surface area (Å²) < 4.78 is 0. The van der Waals surface area contributed by atoms with Crippen LogP contribution in [0.25, 0.3) is 0 Å². The molecule has 0 heterocycles. The smallest absolute Gasteiger partial charge is 0.310 e. The minimum absolute atomic E-state index is 0.188. The van der Waals surface area contributed by atoms with Gasteiger partial charge in [-0.2, -0.15) is 0 Å². The molecular formula is C15H20O5. The number of Topliss-reactive ketones (excluding diaryl/α,β-unsaturated/α-hetero) is 3. The molecule has 0 bridgehead atoms. The van der Waals surface area contributed by atoms with Gasteiger partial charge in [0.2, 0.25) is 0 Å². The third-order valence-electron chi connectivity index (χ3n) is 4.84. The third kappa shape index (κ3) is 2.41. The lowest BCUT2D eigenvalue weighted by Gasteiger charge is -2.34. The first-order valence-corrected chi connectivity index (χ1v) is 7.24. The van der Waals surface area contributed by atoms with Crippen molar-refractivity contribution in [1.82, 2.24) is 0 Å². The molecular weight excluding hydrogens is 260 g/mol. The third-order valence-corrected chi connectivity index (χ3v) is 4.84. The fourth-order valence-corrected chi connectivity index (χ4v) is 3.43. The molecule has 0 unspecified atom stereocenters. The maximum absolute atomic E-state index is 12.3. The minimum Gasteiger partial charge on any atom is -0.481 e. The zero-order chi connectivity index (χ0) is 14.9. The van der Waals surface area contributed by atoms with E-state index in [0.717, 1.165) is 25.7 Å². The maximum Gasteiger partial charge on any atom is 0.310 e. The van der Waals surface area contributed by atoms with Gasteiger partial charge < -0.3 is 5.11 Å². The van der Waals surface area contributed by atoms with E-state index < -0.39 is 28.9 Å². The Kier molecular flexibility index (Phi) is 4.06. The van der Waals surface area contributed by atoms with E-state index in [4.69, 9.17) is 0 Å². The van der Waals surface area contributed by atoms with Gasteiger partial charge in [-0.3, -0.25) is 19.2 Å². The van der Waals surface area contributed by atoms with E-state index in [-0.39, 0.29) is 31.0 Å². The van der Waals surface area contributed by atoms with Crippen LogP contribution in [0.3, 0.4) is 0 Å². The van der Waals surface area contributed by atoms with Gasteiger partial charge in [0.15, 0.2) is 17.3 Å². The second-order valence-electron chi connectivity index (χ2n) is 6.04. The summed E-state index contributed by atoms with van der Waals surface area (Å²) in [5, 5.41) is 9.27. The van der Waals surface area contributed by atoms with E-state index >= 15 is 0 Å². The van der Waals surface area contributed by atoms with Gasteiger partial charge >= 0.3 is 5.97 Å². The van der Waals surface area contributed by atoms with Gasteiger partial charge in [0.05, 0.1) is 5.41 Å². The zero-order valence-electron chi connectivity index (χ0n) is 11.7. The van der Waals surface area contributed by atoms with Crippen molar-refractivity contribution in [1.29, 1.82) is 0 Å². The second-order valence-corrected chi connectivity index (χ2v) is 6.04. The summed E-state index contributed by atoms with van der Waals surface area (Å²) >= 11 is 0. The van der Waals surface area contributed by atoms with Crippen molar-refractivity contribution in [2.45, 2.75) is 51.9 Å². The standard InChI is InChI=1S/C15H20O5/c1-2-15(14(19)20)7-10(16)12(11(17)8-15)13(18)9-5-3-4-6-9/h9,12H,2-8H2,1H3,(H,19,20). The monoisotopic (exact) mass is 280 g/mol. The predicted molar refractivity (Wildman–Crippen MR) is 70.1 cm³/mol. The molecule has 2 aliphatic carbocycles. The van der Waals surface area contributed by atoms with Gasteiger partial charge in [-0.15, -0.1) is 0 Å². The number of hydrogen-bond donors (Lipinski definition) is 1. The summed E-state index contributed by atoms with van der Waals surface area (Å²) in [4.78, 5) is 48.0. The summed E-state index contributed by atoms with van der Waals surface area (Å²) in [5.74, 6) is -3.77. The normalized spacial score (nSPS) is 31.6. The van der Waals surface area contributed by atoms with Crippen LogP contribution in [-0.4, -0.2) is 28.4 Å². The van der Waals surface area contributed by atoms with Crippen molar-refractivity contribution in [2.75, 3.05) is 0 Å². The molecule has 0 spiro atoms. The van der Waals surface area contributed by atoms with Crippen LogP contribution < -0.4 is 0 Å². The highest BCUT2D eigenvalue weighted by atomic mass is 16.4. The van der Waals surface area contributed by atoms with Crippen molar-refractivity contribution in [3.63, 3.8) is 0 Å². The number of carbonyl (C=O) groups excluding carboxylic acids is 3. The number of carboxylic acids is 1. The molecule has 20 heavy (non-hydrogen) atoms. The Morgan fingerprint density at radius 3 is 2.05 bits per heavy atom. The van der Waals surface area contributed by atoms with Gasteiger partial charge in [-0.25, -0.2) is 0 Å². The van der Waals surface area contributed by atoms with Crippen LogP contribution in [0.1, 0.15) is 51.9 Å². The predicted octanol–water partition coefficient (Wildman–Crippen LogP) is 1.77. The lowest BCUT2D eigenvalue weighted by molar-refractivity contribution is -0.161. The number of ketones is 3. The van der Waals surface area contributed by atoms with Crippen molar-refractivity contribution in [3.8, 4) is 0 Å². The van der Waals surface area contributed by atoms with Gasteiger partial charge in [-0.1, -0.05) is 19.8 Å². The fraction of sp³-hybridized carbons (Fsp3) is 0.733. The molecule has 0 radical (unpaired) electrons. The van der Waals surface area contributed by atoms with Crippen molar-refractivity contribution in [2.24, 2.45) is 17.3 Å². The largest absolute Gasteiger partial charge is 0.481 e. The number of aliphatic carboxylic acids is 1. The molecule has 5 heteroatoms. The van der Waals surface area contributed by atoms with Crippen molar-refractivity contribution < 1.29 is 24.3 Å². The van der Waals surface area contributed by atoms with Crippen molar-refractivity contribution >= 4 is 23.3 Å². The average Bonchev–Trinajstić information content (AvgIpc) is 2.91. The van der Waals surface area contributed by atoms with Gasteiger partial charge in [0.25, 0.3) is 0 Å². The van der Waals surface area contributed by atoms with E-state index in [2.05, 4.69) is 0 Å². The first kappa shape index (κ1) is 14.9. The van der Waals surface area contributed by atoms with Gasteiger partial charge in [-0.05, 0) is 19.3 Å². The molecule has 0 aromatic heterocycles. The van der Waals surface area contributed by atoms with Gasteiger partial charge in [0, 0.05) is 18.8 Å². The lowest BCUT2D eigenvalue weighted by atomic mass is 9.65. The highest BCUT2D eigenvalue weighted by Gasteiger charge is 2.51. The molecule has 0 saturated heterocycles. The summed E-state index contributed by atoms with van der Waals surface area (Å²) in [6.45, 7) is 1.66. The highest BCUT2D eigenvalue weighted by molar-refractivity contribution is 6.22. The minimum atomic E-state index is -1.30. The Bertz CT molecular complexity index is 441. The second kappa shape index (κ2) is 5.46. The summed E-state index contributed by atoms with van der Waals surface area (Å²) in [6.07, 6.45) is 3.23. The molecule has 110 valence electrons. The maximum atomic E-state index is 12.3. The first-order valence-electron chi connectivity index (χ1n) is 7.24. The summed E-state index contributed by atoms with van der Waals surface area (Å²) in [5.41, 5.74) is -1.30. The van der Waals surface area contributed by atoms with Gasteiger partial charge in [0.1, 0.15) is 5.92 Å². The Balaban J connectivity index is 2.19. The SMILES string of the molecule is CCC1(C(=O)O)CC(=O)C(C(=O)C2CCCC2)C(=O)C1. The van der Waals surface area contributed by atoms with E-state index in [1.807, 2.05) is 0 Å². The van der Waals surface area contributed by atoms with Crippen LogP contribution in [0.2, 0.25) is 0 Å². The molecule has 0 amide bonds. The van der Waals surface area contributed by atoms with E-state index in [1.165, 1.54) is 0 Å². The molecule has 5 nitrogen and oxygen atoms in total. The molecule has 1 N–H and O–H groups in total. The van der Waals surface area contributed by atoms with E-state index in [0.29, 0.717) is 0 Å². The number of carboxylic acid groups (broad SMARTS) is 1. The van der Waals surface area contributed by atoms with Crippen LogP contribution in [0, 0.1) is 17.3 Å². The molecule has 2 saturated carbocycles. The molecule has 2 fully saturated rings. The van der Waals surface area contributed by atoms with Crippen LogP contribution in [0.5, 0.6) is 0 Å². The average molecular weight is 280 g/mol. The molecule has 0 aromatic carbocycles. The highest BCUT2D eigenvalue weighted by Crippen LogP contribution is 2.40.